The summed E-state index contributed by atoms with van der Waals surface area (Å²) in [6, 6.07) is 4.76. The summed E-state index contributed by atoms with van der Waals surface area (Å²) in [5.74, 6) is 3.22. The van der Waals surface area contributed by atoms with Crippen LogP contribution < -0.4 is 0 Å². The number of rotatable bonds is 1. The molecule has 1 aromatic heterocycles. The maximum atomic E-state index is 13.0. The molecule has 0 amide bonds. The predicted molar refractivity (Wildman–Crippen MR) is 59.6 cm³/mol. The van der Waals surface area contributed by atoms with Crippen LogP contribution in [-0.4, -0.2) is 9.97 Å². The number of fused-ring (bicyclic) bond motifs is 2. The number of hydrogen-bond acceptors (Lipinski definition) is 1. The molecule has 2 nitrogen and oxygen atoms in total. The van der Waals surface area contributed by atoms with Gasteiger partial charge in [-0.15, -0.1) is 0 Å². The number of hydrogen-bond donors (Lipinski definition) is 1. The van der Waals surface area contributed by atoms with Crippen molar-refractivity contribution in [2.45, 2.75) is 25.2 Å². The molecule has 0 saturated heterocycles. The summed E-state index contributed by atoms with van der Waals surface area (Å²) < 4.78 is 13.0. The van der Waals surface area contributed by atoms with Crippen molar-refractivity contribution in [2.75, 3.05) is 0 Å². The first-order valence-electron chi connectivity index (χ1n) is 5.98. The summed E-state index contributed by atoms with van der Waals surface area (Å²) >= 11 is 0. The van der Waals surface area contributed by atoms with E-state index >= 15 is 0 Å². The van der Waals surface area contributed by atoms with Crippen LogP contribution in [0.5, 0.6) is 0 Å². The molecule has 2 atom stereocenters. The van der Waals surface area contributed by atoms with Crippen LogP contribution in [0.2, 0.25) is 0 Å². The number of aromatic nitrogens is 2. The Balaban J connectivity index is 1.76. The van der Waals surface area contributed by atoms with Gasteiger partial charge in [0.25, 0.3) is 0 Å². The quantitative estimate of drug-likeness (QED) is 0.779. The van der Waals surface area contributed by atoms with Gasteiger partial charge in [0.2, 0.25) is 0 Å². The van der Waals surface area contributed by atoms with Crippen LogP contribution in [0.3, 0.4) is 0 Å². The van der Waals surface area contributed by atoms with E-state index in [0.717, 1.165) is 28.7 Å². The van der Waals surface area contributed by atoms with Crippen molar-refractivity contribution in [1.29, 1.82) is 0 Å². The molecule has 1 N–H and O–H groups in total. The number of aromatic amines is 1. The molecule has 2 aliphatic carbocycles. The molecule has 2 fully saturated rings. The maximum Gasteiger partial charge on any atom is 0.125 e. The van der Waals surface area contributed by atoms with E-state index < -0.39 is 0 Å². The normalized spacial score (nSPS) is 31.9. The third kappa shape index (κ3) is 1.09. The van der Waals surface area contributed by atoms with Gasteiger partial charge in [0.15, 0.2) is 0 Å². The molecule has 0 aliphatic heterocycles. The van der Waals surface area contributed by atoms with Gasteiger partial charge in [-0.05, 0) is 42.9 Å². The van der Waals surface area contributed by atoms with E-state index in [1.807, 2.05) is 0 Å². The molecule has 0 radical (unpaired) electrons. The van der Waals surface area contributed by atoms with Crippen LogP contribution in [0.4, 0.5) is 4.39 Å². The summed E-state index contributed by atoms with van der Waals surface area (Å²) in [4.78, 5) is 7.85. The zero-order valence-electron chi connectivity index (χ0n) is 8.91. The minimum absolute atomic E-state index is 0.196. The van der Waals surface area contributed by atoms with E-state index in [0.29, 0.717) is 5.92 Å². The Hall–Kier alpha value is -1.38. The zero-order chi connectivity index (χ0) is 10.7. The molecule has 1 heterocycles. The Morgan fingerprint density at radius 2 is 2.06 bits per heavy atom. The second kappa shape index (κ2) is 2.84. The number of H-pyrrole nitrogens is 1. The van der Waals surface area contributed by atoms with Gasteiger partial charge in [0.05, 0.1) is 11.0 Å². The highest BCUT2D eigenvalue weighted by molar-refractivity contribution is 5.75. The third-order valence-electron chi connectivity index (χ3n) is 4.18. The highest BCUT2D eigenvalue weighted by Gasteiger charge is 2.54. The van der Waals surface area contributed by atoms with E-state index in [9.17, 15) is 4.39 Å². The Kier molecular flexibility index (Phi) is 1.55. The number of halogens is 1. The largest absolute Gasteiger partial charge is 0.342 e. The lowest BCUT2D eigenvalue weighted by molar-refractivity contribution is 0.629. The van der Waals surface area contributed by atoms with Gasteiger partial charge in [-0.2, -0.15) is 0 Å². The first kappa shape index (κ1) is 8.74. The number of nitrogens with one attached hydrogen (secondary N) is 1. The van der Waals surface area contributed by atoms with Crippen molar-refractivity contribution in [3.05, 3.63) is 29.8 Å². The van der Waals surface area contributed by atoms with Crippen molar-refractivity contribution >= 4 is 11.0 Å². The minimum Gasteiger partial charge on any atom is -0.342 e. The molecule has 16 heavy (non-hydrogen) atoms. The van der Waals surface area contributed by atoms with Gasteiger partial charge >= 0.3 is 0 Å². The predicted octanol–water partition coefficient (Wildman–Crippen LogP) is 3.22. The fourth-order valence-electron chi connectivity index (χ4n) is 3.39. The molecular formula is C13H13FN2. The molecule has 0 bridgehead atoms. The van der Waals surface area contributed by atoms with Crippen LogP contribution in [0, 0.1) is 17.7 Å². The van der Waals surface area contributed by atoms with Crippen molar-refractivity contribution in [3.8, 4) is 0 Å². The lowest BCUT2D eigenvalue weighted by Crippen LogP contribution is -1.89. The Labute approximate surface area is 92.9 Å². The first-order valence-corrected chi connectivity index (χ1v) is 5.98. The average molecular weight is 216 g/mol. The Morgan fingerprint density at radius 1 is 1.25 bits per heavy atom. The van der Waals surface area contributed by atoms with Crippen LogP contribution in [0.1, 0.15) is 31.0 Å². The molecule has 2 saturated carbocycles. The summed E-state index contributed by atoms with van der Waals surface area (Å²) in [6.45, 7) is 0. The molecule has 2 aliphatic rings. The molecular weight excluding hydrogens is 203 g/mol. The van der Waals surface area contributed by atoms with Crippen LogP contribution in [0.15, 0.2) is 18.2 Å². The summed E-state index contributed by atoms with van der Waals surface area (Å²) in [7, 11) is 0. The van der Waals surface area contributed by atoms with Crippen molar-refractivity contribution < 1.29 is 4.39 Å². The minimum atomic E-state index is -0.196. The standard InChI is InChI=1S/C13H13FN2/c14-7-4-5-10-11(6-7)16-13(15-10)12-8-2-1-3-9(8)12/h4-6,8-9,12H,1-3H2,(H,15,16). The fraction of sp³-hybridized carbons (Fsp3) is 0.462. The molecule has 2 aromatic rings. The SMILES string of the molecule is Fc1ccc2nc(C3C4CCCC43)[nH]c2c1. The van der Waals surface area contributed by atoms with Crippen molar-refractivity contribution in [2.24, 2.45) is 11.8 Å². The highest BCUT2D eigenvalue weighted by atomic mass is 19.1. The van der Waals surface area contributed by atoms with Gasteiger partial charge < -0.3 is 4.98 Å². The van der Waals surface area contributed by atoms with Gasteiger partial charge in [0.1, 0.15) is 11.6 Å². The van der Waals surface area contributed by atoms with E-state index in [4.69, 9.17) is 0 Å². The van der Waals surface area contributed by atoms with Gasteiger partial charge in [-0.25, -0.2) is 9.37 Å². The Morgan fingerprint density at radius 3 is 2.88 bits per heavy atom. The number of nitrogens with zero attached hydrogens (tertiary/aromatic N) is 1. The lowest BCUT2D eigenvalue weighted by Gasteiger charge is -1.97. The number of benzene rings is 1. The second-order valence-electron chi connectivity index (χ2n) is 5.07. The summed E-state index contributed by atoms with van der Waals surface area (Å²) in [5.41, 5.74) is 1.72. The Bertz CT molecular complexity index is 550. The van der Waals surface area contributed by atoms with Gasteiger partial charge in [-0.3, -0.25) is 0 Å². The van der Waals surface area contributed by atoms with Crippen molar-refractivity contribution in [3.63, 3.8) is 0 Å². The zero-order valence-corrected chi connectivity index (χ0v) is 8.91. The smallest absolute Gasteiger partial charge is 0.125 e. The lowest BCUT2D eigenvalue weighted by atomic mass is 10.1. The summed E-state index contributed by atoms with van der Waals surface area (Å²) in [6.07, 6.45) is 4.07. The van der Waals surface area contributed by atoms with Crippen LogP contribution in [0.25, 0.3) is 11.0 Å². The van der Waals surface area contributed by atoms with Crippen LogP contribution >= 0.6 is 0 Å². The third-order valence-corrected chi connectivity index (χ3v) is 4.18. The monoisotopic (exact) mass is 216 g/mol. The van der Waals surface area contributed by atoms with E-state index in [-0.39, 0.29) is 5.82 Å². The topological polar surface area (TPSA) is 28.7 Å². The van der Waals surface area contributed by atoms with E-state index in [2.05, 4.69) is 9.97 Å². The molecule has 3 heteroatoms. The molecule has 0 spiro atoms. The summed E-state index contributed by atoms with van der Waals surface area (Å²) in [5, 5.41) is 0. The molecule has 2 unspecified atom stereocenters. The fourth-order valence-corrected chi connectivity index (χ4v) is 3.39. The average Bonchev–Trinajstić information content (AvgIpc) is 2.68. The second-order valence-corrected chi connectivity index (χ2v) is 5.07. The van der Waals surface area contributed by atoms with Gasteiger partial charge in [0, 0.05) is 5.92 Å². The first-order chi connectivity index (χ1) is 7.83. The molecule has 1 aromatic carbocycles. The van der Waals surface area contributed by atoms with Crippen LogP contribution in [-0.2, 0) is 0 Å². The van der Waals surface area contributed by atoms with Gasteiger partial charge in [-0.1, -0.05) is 6.42 Å². The van der Waals surface area contributed by atoms with E-state index in [1.165, 1.54) is 31.4 Å². The molecule has 82 valence electrons. The van der Waals surface area contributed by atoms with Crippen molar-refractivity contribution in [1.82, 2.24) is 9.97 Å². The molecule has 4 rings (SSSR count). The maximum absolute atomic E-state index is 13.0. The number of imidazole rings is 1. The van der Waals surface area contributed by atoms with E-state index in [1.54, 1.807) is 6.07 Å². The highest BCUT2D eigenvalue weighted by Crippen LogP contribution is 2.62.